The number of sulfone groups is 1. The smallest absolute Gasteiger partial charge is 0.258 e. The first-order valence-corrected chi connectivity index (χ1v) is 8.38. The van der Waals surface area contributed by atoms with Crippen molar-refractivity contribution in [3.8, 4) is 0 Å². The van der Waals surface area contributed by atoms with E-state index in [1.54, 1.807) is 6.92 Å². The van der Waals surface area contributed by atoms with Crippen molar-refractivity contribution in [3.63, 3.8) is 0 Å². The van der Waals surface area contributed by atoms with Crippen molar-refractivity contribution < 1.29 is 21.8 Å². The number of hydrogen-bond acceptors (Lipinski definition) is 6. The predicted octanol–water partition coefficient (Wildman–Crippen LogP) is -0.0346. The van der Waals surface area contributed by atoms with Gasteiger partial charge in [-0.2, -0.15) is 0 Å². The van der Waals surface area contributed by atoms with Gasteiger partial charge in [0, 0.05) is 6.07 Å². The van der Waals surface area contributed by atoms with Gasteiger partial charge in [0.25, 0.3) is 5.69 Å². The summed E-state index contributed by atoms with van der Waals surface area (Å²) in [7, 11) is -8.04. The Morgan fingerprint density at radius 2 is 1.79 bits per heavy atom. The number of nitrogens with two attached hydrogens (primary N) is 1. The van der Waals surface area contributed by atoms with E-state index in [4.69, 9.17) is 5.14 Å². The van der Waals surface area contributed by atoms with E-state index in [1.165, 1.54) is 6.07 Å². The number of benzene rings is 1. The molecule has 0 saturated heterocycles. The molecule has 8 nitrogen and oxygen atoms in total. The lowest BCUT2D eigenvalue weighted by Gasteiger charge is -2.05. The van der Waals surface area contributed by atoms with Crippen LogP contribution in [0.5, 0.6) is 0 Å². The first-order chi connectivity index (χ1) is 8.53. The molecule has 0 spiro atoms. The molecule has 0 heterocycles. The molecular weight excluding hydrogens is 296 g/mol. The fourth-order valence-corrected chi connectivity index (χ4v) is 4.12. The lowest BCUT2D eigenvalue weighted by atomic mass is 10.2. The maximum Gasteiger partial charge on any atom is 0.288 e. The van der Waals surface area contributed by atoms with Crippen LogP contribution in [0.4, 0.5) is 5.69 Å². The summed E-state index contributed by atoms with van der Waals surface area (Å²) < 4.78 is 45.3. The van der Waals surface area contributed by atoms with E-state index in [1.807, 2.05) is 0 Å². The Bertz CT molecular complexity index is 708. The van der Waals surface area contributed by atoms with Crippen LogP contribution in [0.1, 0.15) is 5.56 Å². The standard InChI is InChI=1S/C9H12N2O6S2/c1-7-2-3-9(8(6-7)11(12)13)18(14,15)4-5-19(10,16)17/h2-3,6H,4-5H2,1H3,(H2,10,16,17). The number of rotatable bonds is 5. The molecule has 0 unspecified atom stereocenters. The zero-order chi connectivity index (χ0) is 14.8. The molecule has 1 rings (SSSR count). The summed E-state index contributed by atoms with van der Waals surface area (Å²) in [6.07, 6.45) is 0. The van der Waals surface area contributed by atoms with Crippen LogP contribution in [-0.2, 0) is 19.9 Å². The fraction of sp³-hybridized carbons (Fsp3) is 0.333. The van der Waals surface area contributed by atoms with E-state index in [-0.39, 0.29) is 0 Å². The van der Waals surface area contributed by atoms with Gasteiger partial charge in [-0.25, -0.2) is 22.0 Å². The molecule has 2 N–H and O–H groups in total. The van der Waals surface area contributed by atoms with E-state index in [9.17, 15) is 26.9 Å². The average Bonchev–Trinajstić information content (AvgIpc) is 2.25. The van der Waals surface area contributed by atoms with Crippen molar-refractivity contribution in [2.45, 2.75) is 11.8 Å². The van der Waals surface area contributed by atoms with Crippen molar-refractivity contribution in [2.75, 3.05) is 11.5 Å². The number of nitrogens with zero attached hydrogens (tertiary/aromatic N) is 1. The van der Waals surface area contributed by atoms with Gasteiger partial charge < -0.3 is 0 Å². The third-order valence-corrected chi connectivity index (χ3v) is 5.07. The molecule has 0 aliphatic carbocycles. The van der Waals surface area contributed by atoms with Gasteiger partial charge in [0.2, 0.25) is 10.0 Å². The summed E-state index contributed by atoms with van der Waals surface area (Å²) in [5.74, 6) is -1.59. The van der Waals surface area contributed by atoms with E-state index in [2.05, 4.69) is 0 Å². The molecule has 0 fully saturated rings. The Balaban J connectivity index is 3.25. The van der Waals surface area contributed by atoms with E-state index >= 15 is 0 Å². The van der Waals surface area contributed by atoms with Gasteiger partial charge in [-0.05, 0) is 18.6 Å². The molecule has 1 aromatic rings. The highest BCUT2D eigenvalue weighted by atomic mass is 32.2. The SMILES string of the molecule is Cc1ccc(S(=O)(=O)CCS(N)(=O)=O)c([N+](=O)[O-])c1. The number of hydrogen-bond donors (Lipinski definition) is 1. The van der Waals surface area contributed by atoms with Crippen molar-refractivity contribution in [1.82, 2.24) is 0 Å². The minimum Gasteiger partial charge on any atom is -0.258 e. The maximum atomic E-state index is 11.9. The second-order valence-electron chi connectivity index (χ2n) is 3.91. The van der Waals surface area contributed by atoms with Crippen molar-refractivity contribution in [2.24, 2.45) is 5.14 Å². The Labute approximate surface area is 110 Å². The highest BCUT2D eigenvalue weighted by Crippen LogP contribution is 2.25. The summed E-state index contributed by atoms with van der Waals surface area (Å²) in [6, 6.07) is 3.60. The molecule has 0 aliphatic heterocycles. The Morgan fingerprint density at radius 1 is 1.21 bits per heavy atom. The van der Waals surface area contributed by atoms with Gasteiger partial charge in [0.15, 0.2) is 9.84 Å². The van der Waals surface area contributed by atoms with Gasteiger partial charge in [-0.3, -0.25) is 10.1 Å². The zero-order valence-corrected chi connectivity index (χ0v) is 11.6. The molecule has 19 heavy (non-hydrogen) atoms. The van der Waals surface area contributed by atoms with Gasteiger partial charge in [0.05, 0.1) is 16.4 Å². The van der Waals surface area contributed by atoms with Crippen LogP contribution in [0, 0.1) is 17.0 Å². The van der Waals surface area contributed by atoms with E-state index < -0.39 is 46.9 Å². The van der Waals surface area contributed by atoms with Crippen LogP contribution < -0.4 is 5.14 Å². The molecule has 1 aromatic carbocycles. The Hall–Kier alpha value is -1.52. The molecular formula is C9H12N2O6S2. The number of nitro groups is 1. The summed E-state index contributed by atoms with van der Waals surface area (Å²) in [6.45, 7) is 1.58. The van der Waals surface area contributed by atoms with E-state index in [0.717, 1.165) is 12.1 Å². The first-order valence-electron chi connectivity index (χ1n) is 5.01. The normalized spacial score (nSPS) is 12.3. The third-order valence-electron chi connectivity index (χ3n) is 2.28. The molecule has 0 aliphatic rings. The molecule has 0 radical (unpaired) electrons. The number of primary sulfonamides is 1. The lowest BCUT2D eigenvalue weighted by molar-refractivity contribution is -0.387. The molecule has 10 heteroatoms. The second-order valence-corrected chi connectivity index (χ2v) is 7.73. The summed E-state index contributed by atoms with van der Waals surface area (Å²) in [5.41, 5.74) is -0.0495. The second kappa shape index (κ2) is 5.23. The Morgan fingerprint density at radius 3 is 2.26 bits per heavy atom. The highest BCUT2D eigenvalue weighted by Gasteiger charge is 2.26. The topological polar surface area (TPSA) is 137 Å². The van der Waals surface area contributed by atoms with Crippen molar-refractivity contribution >= 4 is 25.5 Å². The maximum absolute atomic E-state index is 11.9. The Kier molecular flexibility index (Phi) is 4.28. The highest BCUT2D eigenvalue weighted by molar-refractivity contribution is 7.94. The molecule has 0 bridgehead atoms. The largest absolute Gasteiger partial charge is 0.288 e. The number of nitro benzene ring substituents is 1. The summed E-state index contributed by atoms with van der Waals surface area (Å²) >= 11 is 0. The molecule has 0 amide bonds. The van der Waals surface area contributed by atoms with Gasteiger partial charge in [0.1, 0.15) is 4.90 Å². The first kappa shape index (κ1) is 15.5. The van der Waals surface area contributed by atoms with Crippen molar-refractivity contribution in [3.05, 3.63) is 33.9 Å². The average molecular weight is 308 g/mol. The van der Waals surface area contributed by atoms with Crippen LogP contribution in [0.15, 0.2) is 23.1 Å². The van der Waals surface area contributed by atoms with Gasteiger partial charge >= 0.3 is 0 Å². The fourth-order valence-electron chi connectivity index (χ4n) is 1.37. The van der Waals surface area contributed by atoms with Gasteiger partial charge in [-0.1, -0.05) is 6.07 Å². The molecule has 0 aromatic heterocycles. The summed E-state index contributed by atoms with van der Waals surface area (Å²) in [5, 5.41) is 15.5. The van der Waals surface area contributed by atoms with E-state index in [0.29, 0.717) is 5.56 Å². The molecule has 106 valence electrons. The van der Waals surface area contributed by atoms with Crippen LogP contribution in [0.2, 0.25) is 0 Å². The van der Waals surface area contributed by atoms with Crippen LogP contribution in [0.3, 0.4) is 0 Å². The zero-order valence-electron chi connectivity index (χ0n) is 9.94. The van der Waals surface area contributed by atoms with Gasteiger partial charge in [-0.15, -0.1) is 0 Å². The minimum atomic E-state index is -4.09. The minimum absolute atomic E-state index is 0.508. The summed E-state index contributed by atoms with van der Waals surface area (Å²) in [4.78, 5) is 9.49. The van der Waals surface area contributed by atoms with Crippen LogP contribution >= 0.6 is 0 Å². The molecule has 0 saturated carbocycles. The van der Waals surface area contributed by atoms with Crippen LogP contribution in [-0.4, -0.2) is 33.3 Å². The molecule has 0 atom stereocenters. The number of aryl methyl sites for hydroxylation is 1. The lowest BCUT2D eigenvalue weighted by Crippen LogP contribution is -2.23. The van der Waals surface area contributed by atoms with Crippen LogP contribution in [0.25, 0.3) is 0 Å². The predicted molar refractivity (Wildman–Crippen MR) is 67.9 cm³/mol. The van der Waals surface area contributed by atoms with Crippen molar-refractivity contribution in [1.29, 1.82) is 0 Å². The third kappa shape index (κ3) is 4.26. The quantitative estimate of drug-likeness (QED) is 0.598. The number of sulfonamides is 1. The monoisotopic (exact) mass is 308 g/mol.